The molecule has 0 saturated carbocycles. The summed E-state index contributed by atoms with van der Waals surface area (Å²) in [6, 6.07) is 4.00. The first kappa shape index (κ1) is 24.4. The molecule has 1 aromatic carbocycles. The van der Waals surface area contributed by atoms with Crippen LogP contribution in [0.4, 0.5) is 0 Å². The number of amides is 1. The van der Waals surface area contributed by atoms with Gasteiger partial charge in [-0.1, -0.05) is 0 Å². The summed E-state index contributed by atoms with van der Waals surface area (Å²) in [5.74, 6) is 0.474. The van der Waals surface area contributed by atoms with Crippen molar-refractivity contribution < 1.29 is 31.1 Å². The Hall–Kier alpha value is -1.89. The molecule has 0 bridgehead atoms. The van der Waals surface area contributed by atoms with Gasteiger partial charge in [0.15, 0.2) is 11.5 Å². The van der Waals surface area contributed by atoms with E-state index in [0.717, 1.165) is 19.1 Å². The van der Waals surface area contributed by atoms with Gasteiger partial charge in [-0.15, -0.1) is 0 Å². The minimum absolute atomic E-state index is 0.000741. The number of piperidine rings is 1. The molecule has 0 aliphatic carbocycles. The van der Waals surface area contributed by atoms with Crippen LogP contribution in [0.2, 0.25) is 0 Å². The van der Waals surface area contributed by atoms with Crippen LogP contribution in [0.15, 0.2) is 23.1 Å². The predicted octanol–water partition coefficient (Wildman–Crippen LogP) is 0.303. The van der Waals surface area contributed by atoms with Gasteiger partial charge in [0.25, 0.3) is 0 Å². The largest absolute Gasteiger partial charge is 0.493 e. The zero-order chi connectivity index (χ0) is 22.4. The molecule has 10 nitrogen and oxygen atoms in total. The quantitative estimate of drug-likeness (QED) is 0.510. The first-order valence-corrected chi connectivity index (χ1v) is 12.9. The van der Waals surface area contributed by atoms with Crippen LogP contribution in [0, 0.1) is 0 Å². The van der Waals surface area contributed by atoms with Crippen LogP contribution >= 0.6 is 0 Å². The zero-order valence-electron chi connectivity index (χ0n) is 17.4. The summed E-state index contributed by atoms with van der Waals surface area (Å²) in [5, 5.41) is 0. The Kier molecular flexibility index (Phi) is 8.47. The lowest BCUT2D eigenvalue weighted by Crippen LogP contribution is -2.49. The number of nitrogens with zero attached hydrogens (tertiary/aromatic N) is 1. The van der Waals surface area contributed by atoms with Crippen molar-refractivity contribution in [3.05, 3.63) is 18.2 Å². The fourth-order valence-electron chi connectivity index (χ4n) is 3.29. The molecule has 2 rings (SSSR count). The van der Waals surface area contributed by atoms with Gasteiger partial charge >= 0.3 is 0 Å². The number of likely N-dealkylation sites (tertiary alicyclic amines) is 1. The summed E-state index contributed by atoms with van der Waals surface area (Å²) in [4.78, 5) is 14.2. The molecule has 12 heteroatoms. The molecule has 1 aliphatic rings. The zero-order valence-corrected chi connectivity index (χ0v) is 19.0. The van der Waals surface area contributed by atoms with Crippen molar-refractivity contribution in [1.82, 2.24) is 14.3 Å². The highest BCUT2D eigenvalue weighted by Crippen LogP contribution is 2.29. The van der Waals surface area contributed by atoms with Gasteiger partial charge in [0.2, 0.25) is 26.0 Å². The highest BCUT2D eigenvalue weighted by molar-refractivity contribution is 7.89. The highest BCUT2D eigenvalue weighted by atomic mass is 32.2. The van der Waals surface area contributed by atoms with Gasteiger partial charge in [-0.3, -0.25) is 4.79 Å². The van der Waals surface area contributed by atoms with Gasteiger partial charge in [-0.05, 0) is 31.4 Å². The minimum atomic E-state index is -3.84. The van der Waals surface area contributed by atoms with E-state index in [0.29, 0.717) is 18.7 Å². The smallest absolute Gasteiger partial charge is 0.240 e. The van der Waals surface area contributed by atoms with Crippen molar-refractivity contribution >= 4 is 26.0 Å². The van der Waals surface area contributed by atoms with E-state index < -0.39 is 20.0 Å². The molecule has 30 heavy (non-hydrogen) atoms. The second kappa shape index (κ2) is 10.4. The number of hydrogen-bond acceptors (Lipinski definition) is 7. The highest BCUT2D eigenvalue weighted by Gasteiger charge is 2.27. The molecular weight excluding hydrogens is 434 g/mol. The molecule has 1 saturated heterocycles. The van der Waals surface area contributed by atoms with E-state index in [1.54, 1.807) is 4.90 Å². The third-order valence-electron chi connectivity index (χ3n) is 4.82. The van der Waals surface area contributed by atoms with Crippen LogP contribution in [0.3, 0.4) is 0 Å². The number of ether oxygens (including phenoxy) is 2. The van der Waals surface area contributed by atoms with Gasteiger partial charge < -0.3 is 14.4 Å². The Bertz CT molecular complexity index is 949. The second-order valence-electron chi connectivity index (χ2n) is 7.02. The molecule has 1 atom stereocenters. The van der Waals surface area contributed by atoms with Crippen LogP contribution in [-0.2, 0) is 24.8 Å². The van der Waals surface area contributed by atoms with Crippen LogP contribution in [0.25, 0.3) is 0 Å². The normalized spacial score (nSPS) is 17.6. The lowest BCUT2D eigenvalue weighted by Gasteiger charge is -2.36. The first-order chi connectivity index (χ1) is 14.1. The van der Waals surface area contributed by atoms with Crippen molar-refractivity contribution in [2.75, 3.05) is 40.1 Å². The van der Waals surface area contributed by atoms with Gasteiger partial charge in [0.05, 0.1) is 25.4 Å². The third kappa shape index (κ3) is 6.83. The molecule has 2 N–H and O–H groups in total. The number of rotatable bonds is 10. The van der Waals surface area contributed by atoms with E-state index in [9.17, 15) is 21.6 Å². The van der Waals surface area contributed by atoms with Gasteiger partial charge in [-0.2, -0.15) is 0 Å². The number of methoxy groups -OCH3 is 2. The van der Waals surface area contributed by atoms with Gasteiger partial charge in [-0.25, -0.2) is 26.3 Å². The molecule has 1 heterocycles. The Morgan fingerprint density at radius 3 is 2.43 bits per heavy atom. The summed E-state index contributed by atoms with van der Waals surface area (Å²) in [6.07, 6.45) is 3.49. The Morgan fingerprint density at radius 2 is 1.80 bits per heavy atom. The summed E-state index contributed by atoms with van der Waals surface area (Å²) in [6.45, 7) is 0.609. The van der Waals surface area contributed by atoms with Gasteiger partial charge in [0, 0.05) is 38.2 Å². The number of carbonyl (C=O) groups excluding carboxylic acids is 1. The monoisotopic (exact) mass is 463 g/mol. The fraction of sp³-hybridized carbons (Fsp3) is 0.611. The number of carbonyl (C=O) groups is 1. The average Bonchev–Trinajstić information content (AvgIpc) is 2.71. The molecule has 0 spiro atoms. The Labute approximate surface area is 178 Å². The lowest BCUT2D eigenvalue weighted by molar-refractivity contribution is -0.134. The van der Waals surface area contributed by atoms with E-state index in [2.05, 4.69) is 9.44 Å². The van der Waals surface area contributed by atoms with E-state index in [1.165, 1.54) is 32.4 Å². The molecule has 1 aliphatic heterocycles. The maximum Gasteiger partial charge on any atom is 0.240 e. The van der Waals surface area contributed by atoms with Crippen LogP contribution in [0.5, 0.6) is 11.5 Å². The topological polar surface area (TPSA) is 131 Å². The predicted molar refractivity (Wildman–Crippen MR) is 112 cm³/mol. The van der Waals surface area contributed by atoms with Crippen molar-refractivity contribution in [3.8, 4) is 11.5 Å². The van der Waals surface area contributed by atoms with E-state index in [-0.39, 0.29) is 42.1 Å². The second-order valence-corrected chi connectivity index (χ2v) is 10.6. The molecule has 170 valence electrons. The standard InChI is InChI=1S/C18H29N3O7S2/c1-27-16-8-7-15(12-17(16)28-2)30(25,26)19-10-9-18(22)21-11-5-4-6-14(21)13-20-29(3,23)24/h7-8,12,14,19-20H,4-6,9-11,13H2,1-3H3. The van der Waals surface area contributed by atoms with E-state index >= 15 is 0 Å². The first-order valence-electron chi connectivity index (χ1n) is 9.53. The summed E-state index contributed by atoms with van der Waals surface area (Å²) >= 11 is 0. The minimum Gasteiger partial charge on any atom is -0.493 e. The average molecular weight is 464 g/mol. The van der Waals surface area contributed by atoms with Crippen LogP contribution in [-0.4, -0.2) is 73.8 Å². The fourth-order valence-corrected chi connectivity index (χ4v) is 4.83. The van der Waals surface area contributed by atoms with Crippen LogP contribution < -0.4 is 18.9 Å². The van der Waals surface area contributed by atoms with Crippen molar-refractivity contribution in [2.45, 2.75) is 36.6 Å². The molecule has 1 unspecified atom stereocenters. The third-order valence-corrected chi connectivity index (χ3v) is 6.97. The summed E-state index contributed by atoms with van der Waals surface area (Å²) in [7, 11) is -4.32. The van der Waals surface area contributed by atoms with Crippen molar-refractivity contribution in [1.29, 1.82) is 0 Å². The Balaban J connectivity index is 1.96. The van der Waals surface area contributed by atoms with Crippen molar-refractivity contribution in [3.63, 3.8) is 0 Å². The van der Waals surface area contributed by atoms with E-state index in [1.807, 2.05) is 0 Å². The lowest BCUT2D eigenvalue weighted by atomic mass is 10.0. The molecule has 1 aromatic rings. The van der Waals surface area contributed by atoms with E-state index in [4.69, 9.17) is 9.47 Å². The summed E-state index contributed by atoms with van der Waals surface area (Å²) < 4.78 is 62.8. The molecule has 0 aromatic heterocycles. The molecule has 1 amide bonds. The number of benzene rings is 1. The van der Waals surface area contributed by atoms with Gasteiger partial charge in [0.1, 0.15) is 0 Å². The molecular formula is C18H29N3O7S2. The molecule has 1 fully saturated rings. The SMILES string of the molecule is COc1ccc(S(=O)(=O)NCCC(=O)N2CCCCC2CNS(C)(=O)=O)cc1OC. The number of hydrogen-bond donors (Lipinski definition) is 2. The maximum absolute atomic E-state index is 12.6. The van der Waals surface area contributed by atoms with Crippen LogP contribution in [0.1, 0.15) is 25.7 Å². The number of sulfonamides is 2. The number of nitrogens with one attached hydrogen (secondary N) is 2. The summed E-state index contributed by atoms with van der Waals surface area (Å²) in [5.41, 5.74) is 0. The van der Waals surface area contributed by atoms with Crippen molar-refractivity contribution in [2.24, 2.45) is 0 Å². The Morgan fingerprint density at radius 1 is 1.10 bits per heavy atom. The molecule has 0 radical (unpaired) electrons. The maximum atomic E-state index is 12.6.